The molecule has 1 rings (SSSR count). The van der Waals surface area contributed by atoms with E-state index in [-0.39, 0.29) is 30.4 Å². The lowest BCUT2D eigenvalue weighted by molar-refractivity contribution is -0.131. The van der Waals surface area contributed by atoms with Crippen molar-refractivity contribution in [2.75, 3.05) is 20.6 Å². The van der Waals surface area contributed by atoms with Crippen molar-refractivity contribution in [3.63, 3.8) is 0 Å². The topological polar surface area (TPSA) is 116 Å². The highest BCUT2D eigenvalue weighted by molar-refractivity contribution is 5.87. The number of hydrogen-bond acceptors (Lipinski definition) is 5. The molecule has 0 fully saturated rings. The highest BCUT2D eigenvalue weighted by atomic mass is 16.3. The van der Waals surface area contributed by atoms with E-state index in [0.29, 0.717) is 5.56 Å². The lowest BCUT2D eigenvalue weighted by atomic mass is 10.1. The Labute approximate surface area is 117 Å². The second kappa shape index (κ2) is 6.76. The number of phenols is 2. The summed E-state index contributed by atoms with van der Waals surface area (Å²) in [6, 6.07) is 3.39. The smallest absolute Gasteiger partial charge is 0.241 e. The molecule has 0 aliphatic heterocycles. The van der Waals surface area contributed by atoms with Crippen LogP contribution in [-0.2, 0) is 16.0 Å². The number of nitrogens with one attached hydrogen (secondary N) is 1. The first-order valence-electron chi connectivity index (χ1n) is 6.05. The van der Waals surface area contributed by atoms with Crippen LogP contribution in [0.5, 0.6) is 11.5 Å². The molecule has 2 amide bonds. The maximum atomic E-state index is 11.7. The van der Waals surface area contributed by atoms with Crippen molar-refractivity contribution in [1.82, 2.24) is 10.2 Å². The van der Waals surface area contributed by atoms with E-state index in [1.807, 2.05) is 0 Å². The molecule has 0 radical (unpaired) electrons. The minimum absolute atomic E-state index is 0.111. The molecule has 0 saturated heterocycles. The molecule has 0 unspecified atom stereocenters. The van der Waals surface area contributed by atoms with Crippen molar-refractivity contribution in [2.45, 2.75) is 12.5 Å². The van der Waals surface area contributed by atoms with Crippen LogP contribution >= 0.6 is 0 Å². The highest BCUT2D eigenvalue weighted by Gasteiger charge is 2.16. The minimum Gasteiger partial charge on any atom is -0.504 e. The zero-order valence-corrected chi connectivity index (χ0v) is 11.5. The van der Waals surface area contributed by atoms with Gasteiger partial charge in [0.05, 0.1) is 12.6 Å². The standard InChI is InChI=1S/C13H19N3O4/c1-16(2)12(19)7-15-13(20)9(14)5-8-3-4-10(17)11(18)6-8/h3-4,6,9,17-18H,5,7,14H2,1-2H3,(H,15,20)/t9-/m0/s1. The number of amides is 2. The summed E-state index contributed by atoms with van der Waals surface area (Å²) < 4.78 is 0. The largest absolute Gasteiger partial charge is 0.504 e. The number of nitrogens with zero attached hydrogens (tertiary/aromatic N) is 1. The number of benzene rings is 1. The molecule has 1 atom stereocenters. The average molecular weight is 281 g/mol. The van der Waals surface area contributed by atoms with Crippen molar-refractivity contribution in [3.8, 4) is 11.5 Å². The lowest BCUT2D eigenvalue weighted by Gasteiger charge is -2.14. The van der Waals surface area contributed by atoms with Gasteiger partial charge in [0, 0.05) is 14.1 Å². The maximum absolute atomic E-state index is 11.7. The number of carbonyl (C=O) groups is 2. The summed E-state index contributed by atoms with van der Waals surface area (Å²) in [6.45, 7) is -0.111. The van der Waals surface area contributed by atoms with Gasteiger partial charge in [-0.2, -0.15) is 0 Å². The first-order valence-corrected chi connectivity index (χ1v) is 6.05. The predicted molar refractivity (Wildman–Crippen MR) is 73.2 cm³/mol. The van der Waals surface area contributed by atoms with Crippen molar-refractivity contribution < 1.29 is 19.8 Å². The summed E-state index contributed by atoms with van der Waals surface area (Å²) in [4.78, 5) is 24.4. The SMILES string of the molecule is CN(C)C(=O)CNC(=O)[C@@H](N)Cc1ccc(O)c(O)c1. The number of likely N-dealkylation sites (N-methyl/N-ethyl adjacent to an activating group) is 1. The summed E-state index contributed by atoms with van der Waals surface area (Å²) >= 11 is 0. The van der Waals surface area contributed by atoms with E-state index in [0.717, 1.165) is 0 Å². The van der Waals surface area contributed by atoms with Gasteiger partial charge in [0.25, 0.3) is 0 Å². The van der Waals surface area contributed by atoms with Gasteiger partial charge >= 0.3 is 0 Å². The predicted octanol–water partition coefficient (Wildman–Crippen LogP) is -0.828. The van der Waals surface area contributed by atoms with Gasteiger partial charge in [0.2, 0.25) is 11.8 Å². The molecule has 0 bridgehead atoms. The van der Waals surface area contributed by atoms with Crippen LogP contribution in [0.4, 0.5) is 0 Å². The second-order valence-corrected chi connectivity index (χ2v) is 4.64. The highest BCUT2D eigenvalue weighted by Crippen LogP contribution is 2.25. The Morgan fingerprint density at radius 3 is 2.50 bits per heavy atom. The molecule has 0 aliphatic rings. The van der Waals surface area contributed by atoms with Crippen LogP contribution < -0.4 is 11.1 Å². The van der Waals surface area contributed by atoms with Gasteiger partial charge in [-0.1, -0.05) is 6.07 Å². The zero-order valence-electron chi connectivity index (χ0n) is 11.5. The molecule has 0 heterocycles. The number of nitrogens with two attached hydrogens (primary N) is 1. The van der Waals surface area contributed by atoms with Crippen LogP contribution in [0.25, 0.3) is 0 Å². The molecule has 5 N–H and O–H groups in total. The molecule has 20 heavy (non-hydrogen) atoms. The summed E-state index contributed by atoms with van der Waals surface area (Å²) in [6.07, 6.45) is 0.190. The minimum atomic E-state index is -0.839. The molecule has 0 aromatic heterocycles. The van der Waals surface area contributed by atoms with Crippen LogP contribution in [0, 0.1) is 0 Å². The maximum Gasteiger partial charge on any atom is 0.241 e. The van der Waals surface area contributed by atoms with Crippen LogP contribution in [0.2, 0.25) is 0 Å². The van der Waals surface area contributed by atoms with E-state index in [1.165, 1.54) is 17.0 Å². The molecular weight excluding hydrogens is 262 g/mol. The first kappa shape index (κ1) is 15.8. The van der Waals surface area contributed by atoms with Gasteiger partial charge in [0.1, 0.15) is 0 Å². The quantitative estimate of drug-likeness (QED) is 0.526. The van der Waals surface area contributed by atoms with Gasteiger partial charge in [-0.25, -0.2) is 0 Å². The molecule has 7 heteroatoms. The van der Waals surface area contributed by atoms with Crippen molar-refractivity contribution >= 4 is 11.8 Å². The summed E-state index contributed by atoms with van der Waals surface area (Å²) in [7, 11) is 3.18. The van der Waals surface area contributed by atoms with E-state index < -0.39 is 11.9 Å². The Balaban J connectivity index is 2.53. The van der Waals surface area contributed by atoms with Crippen LogP contribution in [0.15, 0.2) is 18.2 Å². The molecule has 0 aliphatic carbocycles. The fourth-order valence-corrected chi connectivity index (χ4v) is 1.49. The number of aromatic hydroxyl groups is 2. The third kappa shape index (κ3) is 4.43. The fraction of sp³-hybridized carbons (Fsp3) is 0.385. The molecular formula is C13H19N3O4. The first-order chi connectivity index (χ1) is 9.31. The second-order valence-electron chi connectivity index (χ2n) is 4.64. The van der Waals surface area contributed by atoms with E-state index in [9.17, 15) is 19.8 Å². The van der Waals surface area contributed by atoms with Gasteiger partial charge in [-0.05, 0) is 24.1 Å². The van der Waals surface area contributed by atoms with Crippen LogP contribution in [0.1, 0.15) is 5.56 Å². The molecule has 0 spiro atoms. The number of phenolic OH excluding ortho intramolecular Hbond substituents is 2. The molecule has 7 nitrogen and oxygen atoms in total. The summed E-state index contributed by atoms with van der Waals surface area (Å²) in [5.41, 5.74) is 6.33. The Kier molecular flexibility index (Phi) is 5.33. The number of hydrogen-bond donors (Lipinski definition) is 4. The lowest BCUT2D eigenvalue weighted by Crippen LogP contribution is -2.45. The van der Waals surface area contributed by atoms with Crippen molar-refractivity contribution in [1.29, 1.82) is 0 Å². The monoisotopic (exact) mass is 281 g/mol. The van der Waals surface area contributed by atoms with Gasteiger partial charge in [-0.15, -0.1) is 0 Å². The van der Waals surface area contributed by atoms with E-state index in [4.69, 9.17) is 5.73 Å². The van der Waals surface area contributed by atoms with Gasteiger partial charge in [-0.3, -0.25) is 9.59 Å². The van der Waals surface area contributed by atoms with Gasteiger partial charge < -0.3 is 26.2 Å². The molecule has 1 aromatic carbocycles. The van der Waals surface area contributed by atoms with Crippen LogP contribution in [-0.4, -0.2) is 53.6 Å². The molecule has 1 aromatic rings. The summed E-state index contributed by atoms with van der Waals surface area (Å²) in [5.74, 6) is -1.18. The third-order valence-corrected chi connectivity index (χ3v) is 2.74. The van der Waals surface area contributed by atoms with Gasteiger partial charge in [0.15, 0.2) is 11.5 Å². The summed E-state index contributed by atoms with van der Waals surface area (Å²) in [5, 5.41) is 21.0. The Morgan fingerprint density at radius 1 is 1.30 bits per heavy atom. The van der Waals surface area contributed by atoms with E-state index >= 15 is 0 Å². The van der Waals surface area contributed by atoms with Crippen molar-refractivity contribution in [3.05, 3.63) is 23.8 Å². The van der Waals surface area contributed by atoms with E-state index in [2.05, 4.69) is 5.32 Å². The Bertz CT molecular complexity index is 502. The Hall–Kier alpha value is -2.28. The molecule has 110 valence electrons. The normalized spacial score (nSPS) is 11.8. The third-order valence-electron chi connectivity index (χ3n) is 2.74. The van der Waals surface area contributed by atoms with Crippen molar-refractivity contribution in [2.24, 2.45) is 5.73 Å². The Morgan fingerprint density at radius 2 is 1.95 bits per heavy atom. The van der Waals surface area contributed by atoms with E-state index in [1.54, 1.807) is 20.2 Å². The number of carbonyl (C=O) groups excluding carboxylic acids is 2. The fourth-order valence-electron chi connectivity index (χ4n) is 1.49. The zero-order chi connectivity index (χ0) is 15.3. The average Bonchev–Trinajstić information content (AvgIpc) is 2.39. The van der Waals surface area contributed by atoms with Crippen LogP contribution in [0.3, 0.4) is 0 Å². The number of rotatable bonds is 5. The molecule has 0 saturated carbocycles.